The van der Waals surface area contributed by atoms with Crippen molar-refractivity contribution in [1.29, 1.82) is 0 Å². The summed E-state index contributed by atoms with van der Waals surface area (Å²) in [6.45, 7) is 0. The molecule has 4 atom stereocenters. The van der Waals surface area contributed by atoms with Crippen LogP contribution < -0.4 is 15.0 Å². The molecule has 2 fully saturated rings. The molecule has 0 radical (unpaired) electrons. The van der Waals surface area contributed by atoms with Crippen LogP contribution in [0.15, 0.2) is 78.9 Å². The lowest BCUT2D eigenvalue weighted by Crippen LogP contribution is -2.58. The van der Waals surface area contributed by atoms with Crippen LogP contribution in [0.3, 0.4) is 0 Å². The molecule has 2 aliphatic rings. The number of anilines is 1. The molecule has 3 aromatic carbocycles. The summed E-state index contributed by atoms with van der Waals surface area (Å²) in [6.07, 6.45) is 0.111. The van der Waals surface area contributed by atoms with E-state index in [-0.39, 0.29) is 17.7 Å². The Morgan fingerprint density at radius 1 is 0.846 bits per heavy atom. The smallest absolute Gasteiger partial charge is 0.339 e. The van der Waals surface area contributed by atoms with Crippen molar-refractivity contribution < 1.29 is 33.4 Å². The average molecular weight is 529 g/mol. The van der Waals surface area contributed by atoms with Gasteiger partial charge in [0, 0.05) is 12.5 Å². The van der Waals surface area contributed by atoms with Crippen LogP contribution in [0, 0.1) is 11.8 Å². The average Bonchev–Trinajstić information content (AvgIpc) is 3.45. The van der Waals surface area contributed by atoms with Gasteiger partial charge in [0.1, 0.15) is 11.3 Å². The number of ether oxygens (including phenoxy) is 3. The number of imide groups is 1. The first-order valence-corrected chi connectivity index (χ1v) is 12.5. The maximum absolute atomic E-state index is 14.2. The van der Waals surface area contributed by atoms with Crippen LogP contribution in [-0.2, 0) is 30.3 Å². The normalized spacial score (nSPS) is 23.9. The van der Waals surface area contributed by atoms with Gasteiger partial charge in [0.25, 0.3) is 0 Å². The molecule has 5 rings (SSSR count). The number of nitrogens with zero attached hydrogens (tertiary/aromatic N) is 1. The fourth-order valence-electron chi connectivity index (χ4n) is 5.81. The van der Waals surface area contributed by atoms with E-state index in [9.17, 15) is 19.2 Å². The van der Waals surface area contributed by atoms with Gasteiger partial charge in [0.05, 0.1) is 44.4 Å². The van der Waals surface area contributed by atoms with Gasteiger partial charge in [-0.25, -0.2) is 9.69 Å². The number of methoxy groups -OCH3 is 3. The van der Waals surface area contributed by atoms with Gasteiger partial charge in [-0.3, -0.25) is 19.7 Å². The van der Waals surface area contributed by atoms with Crippen LogP contribution in [0.4, 0.5) is 5.69 Å². The molecule has 0 spiro atoms. The lowest BCUT2D eigenvalue weighted by molar-refractivity contribution is -0.152. The quantitative estimate of drug-likeness (QED) is 0.368. The molecule has 0 aliphatic carbocycles. The topological polar surface area (TPSA) is 111 Å². The third kappa shape index (κ3) is 4.24. The van der Waals surface area contributed by atoms with E-state index >= 15 is 0 Å². The minimum absolute atomic E-state index is 0.0716. The zero-order valence-corrected chi connectivity index (χ0v) is 21.7. The Balaban J connectivity index is 1.68. The Bertz CT molecular complexity index is 1420. The number of para-hydroxylation sites is 1. The first kappa shape index (κ1) is 26.1. The number of amides is 2. The van der Waals surface area contributed by atoms with E-state index in [0.717, 1.165) is 10.5 Å². The molecule has 2 amide bonds. The summed E-state index contributed by atoms with van der Waals surface area (Å²) in [4.78, 5) is 55.6. The molecule has 39 heavy (non-hydrogen) atoms. The van der Waals surface area contributed by atoms with Crippen LogP contribution in [0.25, 0.3) is 0 Å². The Kier molecular flexibility index (Phi) is 6.93. The molecule has 0 aromatic heterocycles. The van der Waals surface area contributed by atoms with Gasteiger partial charge in [0.15, 0.2) is 0 Å². The summed E-state index contributed by atoms with van der Waals surface area (Å²) < 4.78 is 15.5. The zero-order valence-electron chi connectivity index (χ0n) is 21.7. The number of carbonyl (C=O) groups is 4. The number of rotatable bonds is 7. The molecule has 0 bridgehead atoms. The number of esters is 2. The summed E-state index contributed by atoms with van der Waals surface area (Å²) in [7, 11) is 4.04. The second-order valence-corrected chi connectivity index (χ2v) is 9.54. The number of benzene rings is 3. The highest BCUT2D eigenvalue weighted by Crippen LogP contribution is 2.51. The molecule has 4 unspecified atom stereocenters. The van der Waals surface area contributed by atoms with Gasteiger partial charge in [-0.15, -0.1) is 0 Å². The number of fused-ring (bicyclic) bond motifs is 1. The monoisotopic (exact) mass is 528 g/mol. The van der Waals surface area contributed by atoms with Crippen LogP contribution in [0.1, 0.15) is 27.5 Å². The maximum Gasteiger partial charge on any atom is 0.339 e. The standard InChI is InChI=1S/C30H28N2O7/c1-37-20-15-13-19(14-16-20)25-23-24(30(31-25,29(36)39-3)17-18-9-5-4-6-10-18)27(34)32(26(23)33)22-12-8-7-11-21(22)28(35)38-2/h4-16,23-25,31H,17H2,1-3H3. The molecule has 9 nitrogen and oxygen atoms in total. The Morgan fingerprint density at radius 2 is 1.51 bits per heavy atom. The SMILES string of the molecule is COC(=O)c1ccccc1N1C(=O)C2C(c3ccc(OC)cc3)NC(Cc3ccccc3)(C(=O)OC)C2C1=O. The van der Waals surface area contributed by atoms with Crippen molar-refractivity contribution >= 4 is 29.4 Å². The molecule has 3 aromatic rings. The molecular weight excluding hydrogens is 500 g/mol. The summed E-state index contributed by atoms with van der Waals surface area (Å²) in [5.74, 6) is -3.87. The largest absolute Gasteiger partial charge is 0.497 e. The first-order chi connectivity index (χ1) is 18.9. The van der Waals surface area contributed by atoms with Crippen molar-refractivity contribution in [3.05, 3.63) is 95.6 Å². The number of carbonyl (C=O) groups excluding carboxylic acids is 4. The van der Waals surface area contributed by atoms with E-state index in [1.807, 2.05) is 30.3 Å². The minimum Gasteiger partial charge on any atom is -0.497 e. The van der Waals surface area contributed by atoms with Gasteiger partial charge in [-0.2, -0.15) is 0 Å². The van der Waals surface area contributed by atoms with Gasteiger partial charge >= 0.3 is 11.9 Å². The fraction of sp³-hybridized carbons (Fsp3) is 0.267. The van der Waals surface area contributed by atoms with E-state index in [1.165, 1.54) is 26.4 Å². The fourth-order valence-corrected chi connectivity index (χ4v) is 5.81. The van der Waals surface area contributed by atoms with Crippen molar-refractivity contribution in [2.45, 2.75) is 18.0 Å². The van der Waals surface area contributed by atoms with Crippen LogP contribution >= 0.6 is 0 Å². The Hall–Kier alpha value is -4.50. The maximum atomic E-state index is 14.2. The highest BCUT2D eigenvalue weighted by Gasteiger charge is 2.69. The van der Waals surface area contributed by atoms with Gasteiger partial charge in [-0.05, 0) is 35.4 Å². The van der Waals surface area contributed by atoms with Crippen molar-refractivity contribution in [1.82, 2.24) is 5.32 Å². The molecule has 2 heterocycles. The second-order valence-electron chi connectivity index (χ2n) is 9.54. The Labute approximate surface area is 225 Å². The predicted molar refractivity (Wildman–Crippen MR) is 141 cm³/mol. The van der Waals surface area contributed by atoms with E-state index in [4.69, 9.17) is 14.2 Å². The van der Waals surface area contributed by atoms with Crippen molar-refractivity contribution in [3.8, 4) is 5.75 Å². The van der Waals surface area contributed by atoms with Crippen LogP contribution in [-0.4, -0.2) is 50.6 Å². The summed E-state index contributed by atoms with van der Waals surface area (Å²) in [6, 6.07) is 21.9. The second kappa shape index (κ2) is 10.3. The summed E-state index contributed by atoms with van der Waals surface area (Å²) >= 11 is 0. The van der Waals surface area contributed by atoms with Crippen molar-refractivity contribution in [2.24, 2.45) is 11.8 Å². The van der Waals surface area contributed by atoms with Crippen molar-refractivity contribution in [3.63, 3.8) is 0 Å². The van der Waals surface area contributed by atoms with Gasteiger partial charge in [0.2, 0.25) is 11.8 Å². The highest BCUT2D eigenvalue weighted by atomic mass is 16.5. The molecule has 2 saturated heterocycles. The molecule has 200 valence electrons. The van der Waals surface area contributed by atoms with E-state index in [0.29, 0.717) is 11.3 Å². The lowest BCUT2D eigenvalue weighted by atomic mass is 9.76. The van der Waals surface area contributed by atoms with E-state index in [2.05, 4.69) is 5.32 Å². The third-order valence-corrected chi connectivity index (χ3v) is 7.55. The van der Waals surface area contributed by atoms with Crippen LogP contribution in [0.2, 0.25) is 0 Å². The van der Waals surface area contributed by atoms with E-state index in [1.54, 1.807) is 43.5 Å². The summed E-state index contributed by atoms with van der Waals surface area (Å²) in [5.41, 5.74) is 0.128. The highest BCUT2D eigenvalue weighted by molar-refractivity contribution is 6.25. The van der Waals surface area contributed by atoms with E-state index < -0.39 is 47.2 Å². The molecule has 2 aliphatic heterocycles. The Morgan fingerprint density at radius 3 is 2.15 bits per heavy atom. The zero-order chi connectivity index (χ0) is 27.7. The molecule has 0 saturated carbocycles. The third-order valence-electron chi connectivity index (χ3n) is 7.55. The number of nitrogens with one attached hydrogen (secondary N) is 1. The van der Waals surface area contributed by atoms with Gasteiger partial charge < -0.3 is 14.2 Å². The number of hydrogen-bond acceptors (Lipinski definition) is 8. The summed E-state index contributed by atoms with van der Waals surface area (Å²) in [5, 5.41) is 3.37. The first-order valence-electron chi connectivity index (χ1n) is 12.5. The lowest BCUT2D eigenvalue weighted by Gasteiger charge is -2.33. The number of hydrogen-bond donors (Lipinski definition) is 1. The van der Waals surface area contributed by atoms with Crippen LogP contribution in [0.5, 0.6) is 5.75 Å². The predicted octanol–water partition coefficient (Wildman–Crippen LogP) is 3.09. The molecule has 9 heteroatoms. The minimum atomic E-state index is -1.55. The molecular formula is C30H28N2O7. The van der Waals surface area contributed by atoms with Gasteiger partial charge in [-0.1, -0.05) is 54.6 Å². The molecule has 1 N–H and O–H groups in total. The van der Waals surface area contributed by atoms with Crippen molar-refractivity contribution in [2.75, 3.05) is 26.2 Å².